The van der Waals surface area contributed by atoms with Crippen molar-refractivity contribution in [1.29, 1.82) is 0 Å². The van der Waals surface area contributed by atoms with Gasteiger partial charge >= 0.3 is 5.97 Å². The molecule has 0 bridgehead atoms. The van der Waals surface area contributed by atoms with Gasteiger partial charge in [0.1, 0.15) is 18.2 Å². The minimum Gasteiger partial charge on any atom is -0.459 e. The average Bonchev–Trinajstić information content (AvgIpc) is 2.62. The number of esters is 1. The molecule has 1 fully saturated rings. The molecule has 1 saturated heterocycles. The molecule has 1 aliphatic rings. The molecule has 1 rings (SSSR count). The first kappa shape index (κ1) is 13.1. The smallest absolute Gasteiger partial charge is 0.323 e. The molecule has 1 aliphatic heterocycles. The zero-order valence-corrected chi connectivity index (χ0v) is 9.95. The third kappa shape index (κ3) is 3.57. The SMILES string of the molecule is CC(C)(C)OC(=O)C1CC(C(=O)CO)CN1. The molecule has 2 unspecified atom stereocenters. The van der Waals surface area contributed by atoms with Crippen LogP contribution in [0.25, 0.3) is 0 Å². The van der Waals surface area contributed by atoms with Gasteiger partial charge in [0.2, 0.25) is 0 Å². The minimum atomic E-state index is -0.516. The van der Waals surface area contributed by atoms with Crippen LogP contribution in [0.3, 0.4) is 0 Å². The van der Waals surface area contributed by atoms with Gasteiger partial charge in [0, 0.05) is 12.5 Å². The van der Waals surface area contributed by atoms with E-state index in [0.29, 0.717) is 13.0 Å². The number of carbonyl (C=O) groups excluding carboxylic acids is 2. The summed E-state index contributed by atoms with van der Waals surface area (Å²) in [6.45, 7) is 5.37. The van der Waals surface area contributed by atoms with Crippen molar-refractivity contribution in [3.63, 3.8) is 0 Å². The van der Waals surface area contributed by atoms with Crippen LogP contribution in [0.4, 0.5) is 0 Å². The van der Waals surface area contributed by atoms with E-state index in [1.807, 2.05) is 0 Å². The maximum atomic E-state index is 11.7. The Morgan fingerprint density at radius 1 is 1.44 bits per heavy atom. The van der Waals surface area contributed by atoms with Crippen molar-refractivity contribution in [2.75, 3.05) is 13.2 Å². The van der Waals surface area contributed by atoms with Crippen molar-refractivity contribution in [1.82, 2.24) is 5.32 Å². The summed E-state index contributed by atoms with van der Waals surface area (Å²) in [4.78, 5) is 22.9. The zero-order valence-electron chi connectivity index (χ0n) is 9.95. The van der Waals surface area contributed by atoms with Crippen LogP contribution in [0.1, 0.15) is 27.2 Å². The molecule has 0 aromatic heterocycles. The largest absolute Gasteiger partial charge is 0.459 e. The van der Waals surface area contributed by atoms with E-state index in [2.05, 4.69) is 5.32 Å². The highest BCUT2D eigenvalue weighted by Gasteiger charge is 2.35. The Kier molecular flexibility index (Phi) is 4.04. The fourth-order valence-electron chi connectivity index (χ4n) is 1.66. The van der Waals surface area contributed by atoms with Crippen molar-refractivity contribution in [2.24, 2.45) is 5.92 Å². The van der Waals surface area contributed by atoms with Crippen LogP contribution in [0.5, 0.6) is 0 Å². The van der Waals surface area contributed by atoms with Crippen LogP contribution in [-0.2, 0) is 14.3 Å². The topological polar surface area (TPSA) is 75.6 Å². The van der Waals surface area contributed by atoms with E-state index >= 15 is 0 Å². The van der Waals surface area contributed by atoms with Crippen LogP contribution >= 0.6 is 0 Å². The highest BCUT2D eigenvalue weighted by molar-refractivity contribution is 5.85. The third-order valence-electron chi connectivity index (χ3n) is 2.43. The Morgan fingerprint density at radius 2 is 2.06 bits per heavy atom. The minimum absolute atomic E-state index is 0.224. The van der Waals surface area contributed by atoms with Gasteiger partial charge in [0.25, 0.3) is 0 Å². The lowest BCUT2D eigenvalue weighted by Gasteiger charge is -2.22. The summed E-state index contributed by atoms with van der Waals surface area (Å²) in [5.74, 6) is -0.832. The van der Waals surface area contributed by atoms with Gasteiger partial charge in [-0.1, -0.05) is 0 Å². The summed E-state index contributed by atoms with van der Waals surface area (Å²) in [5, 5.41) is 11.7. The van der Waals surface area contributed by atoms with E-state index in [-0.39, 0.29) is 17.7 Å². The Balaban J connectivity index is 2.47. The lowest BCUT2D eigenvalue weighted by atomic mass is 10.0. The fourth-order valence-corrected chi connectivity index (χ4v) is 1.66. The first-order chi connectivity index (χ1) is 7.33. The molecule has 92 valence electrons. The fraction of sp³-hybridized carbons (Fsp3) is 0.818. The van der Waals surface area contributed by atoms with Crippen LogP contribution in [0.2, 0.25) is 0 Å². The molecule has 1 heterocycles. The van der Waals surface area contributed by atoms with Gasteiger partial charge < -0.3 is 15.2 Å². The highest BCUT2D eigenvalue weighted by atomic mass is 16.6. The molecule has 5 heteroatoms. The third-order valence-corrected chi connectivity index (χ3v) is 2.43. The molecule has 0 aromatic carbocycles. The van der Waals surface area contributed by atoms with Crippen molar-refractivity contribution in [2.45, 2.75) is 38.8 Å². The van der Waals surface area contributed by atoms with E-state index in [1.54, 1.807) is 20.8 Å². The number of ketones is 1. The first-order valence-electron chi connectivity index (χ1n) is 5.43. The zero-order chi connectivity index (χ0) is 12.3. The van der Waals surface area contributed by atoms with Gasteiger partial charge in [-0.25, -0.2) is 0 Å². The van der Waals surface area contributed by atoms with E-state index < -0.39 is 18.2 Å². The molecule has 16 heavy (non-hydrogen) atoms. The van der Waals surface area contributed by atoms with Crippen LogP contribution in [-0.4, -0.2) is 41.7 Å². The lowest BCUT2D eigenvalue weighted by Crippen LogP contribution is -2.37. The normalized spacial score (nSPS) is 25.5. The second kappa shape index (κ2) is 4.93. The van der Waals surface area contributed by atoms with E-state index in [9.17, 15) is 9.59 Å². The summed E-state index contributed by atoms with van der Waals surface area (Å²) in [5.41, 5.74) is -0.516. The predicted molar refractivity (Wildman–Crippen MR) is 57.8 cm³/mol. The lowest BCUT2D eigenvalue weighted by molar-refractivity contribution is -0.157. The molecule has 0 amide bonds. The molecule has 5 nitrogen and oxygen atoms in total. The molecule has 0 saturated carbocycles. The Bertz CT molecular complexity index is 282. The summed E-state index contributed by atoms with van der Waals surface area (Å²) < 4.78 is 5.21. The van der Waals surface area contributed by atoms with Crippen LogP contribution in [0.15, 0.2) is 0 Å². The van der Waals surface area contributed by atoms with Gasteiger partial charge in [-0.15, -0.1) is 0 Å². The number of nitrogens with one attached hydrogen (secondary N) is 1. The van der Waals surface area contributed by atoms with E-state index in [1.165, 1.54) is 0 Å². The molecule has 2 atom stereocenters. The number of hydrogen-bond donors (Lipinski definition) is 2. The standard InChI is InChI=1S/C11H19NO4/c1-11(2,3)16-10(15)8-4-7(5-12-8)9(14)6-13/h7-8,12-13H,4-6H2,1-3H3. The maximum absolute atomic E-state index is 11.7. The second-order valence-corrected chi connectivity index (χ2v) is 5.05. The first-order valence-corrected chi connectivity index (χ1v) is 5.43. The number of rotatable bonds is 3. The number of aliphatic hydroxyl groups is 1. The van der Waals surface area contributed by atoms with Crippen molar-refractivity contribution in [3.05, 3.63) is 0 Å². The number of ether oxygens (including phenoxy) is 1. The Hall–Kier alpha value is -0.940. The number of hydrogen-bond acceptors (Lipinski definition) is 5. The molecule has 0 spiro atoms. The molecule has 0 radical (unpaired) electrons. The van der Waals surface area contributed by atoms with Gasteiger partial charge in [-0.3, -0.25) is 9.59 Å². The van der Waals surface area contributed by atoms with Crippen LogP contribution < -0.4 is 5.32 Å². The van der Waals surface area contributed by atoms with Gasteiger partial charge in [-0.05, 0) is 27.2 Å². The van der Waals surface area contributed by atoms with Crippen LogP contribution in [0, 0.1) is 5.92 Å². The quantitative estimate of drug-likeness (QED) is 0.659. The molecule has 0 aromatic rings. The highest BCUT2D eigenvalue weighted by Crippen LogP contribution is 2.18. The van der Waals surface area contributed by atoms with Gasteiger partial charge in [0.05, 0.1) is 0 Å². The Morgan fingerprint density at radius 3 is 2.56 bits per heavy atom. The summed E-state index contributed by atoms with van der Waals surface area (Å²) in [7, 11) is 0. The number of carbonyl (C=O) groups is 2. The predicted octanol–water partition coefficient (Wildman–Crippen LogP) is -0.132. The molecule has 0 aliphatic carbocycles. The number of Topliss-reactive ketones (excluding diaryl/α,β-unsaturated/α-hetero) is 1. The maximum Gasteiger partial charge on any atom is 0.323 e. The number of aliphatic hydroxyl groups excluding tert-OH is 1. The molecular weight excluding hydrogens is 210 g/mol. The average molecular weight is 229 g/mol. The van der Waals surface area contributed by atoms with E-state index in [0.717, 1.165) is 0 Å². The van der Waals surface area contributed by atoms with Crippen molar-refractivity contribution >= 4 is 11.8 Å². The van der Waals surface area contributed by atoms with Gasteiger partial charge in [-0.2, -0.15) is 0 Å². The second-order valence-electron chi connectivity index (χ2n) is 5.05. The molecular formula is C11H19NO4. The monoisotopic (exact) mass is 229 g/mol. The van der Waals surface area contributed by atoms with Gasteiger partial charge in [0.15, 0.2) is 5.78 Å². The van der Waals surface area contributed by atoms with Crippen molar-refractivity contribution in [3.8, 4) is 0 Å². The summed E-state index contributed by atoms with van der Waals surface area (Å²) in [6.07, 6.45) is 0.411. The van der Waals surface area contributed by atoms with E-state index in [4.69, 9.17) is 9.84 Å². The summed E-state index contributed by atoms with van der Waals surface area (Å²) in [6, 6.07) is -0.431. The Labute approximate surface area is 95.2 Å². The summed E-state index contributed by atoms with van der Waals surface area (Å²) >= 11 is 0. The molecule has 2 N–H and O–H groups in total. The van der Waals surface area contributed by atoms with Crippen molar-refractivity contribution < 1.29 is 19.4 Å².